The van der Waals surface area contributed by atoms with Gasteiger partial charge in [-0.3, -0.25) is 4.79 Å². The van der Waals surface area contributed by atoms with Crippen LogP contribution in [0.4, 0.5) is 0 Å². The van der Waals surface area contributed by atoms with E-state index in [0.29, 0.717) is 12.5 Å². The van der Waals surface area contributed by atoms with Crippen molar-refractivity contribution in [1.82, 2.24) is 20.6 Å². The predicted molar refractivity (Wildman–Crippen MR) is 70.0 cm³/mol. The van der Waals surface area contributed by atoms with Gasteiger partial charge in [0.15, 0.2) is 0 Å². The van der Waals surface area contributed by atoms with E-state index in [0.717, 1.165) is 18.8 Å². The number of carbonyl (C=O) groups is 1. The molecule has 2 unspecified atom stereocenters. The van der Waals surface area contributed by atoms with Gasteiger partial charge in [0.25, 0.3) is 0 Å². The molecule has 0 radical (unpaired) electrons. The van der Waals surface area contributed by atoms with Gasteiger partial charge < -0.3 is 15.6 Å². The number of rotatable bonds is 5. The fourth-order valence-electron chi connectivity index (χ4n) is 2.37. The molecule has 2 rings (SSSR count). The van der Waals surface area contributed by atoms with Gasteiger partial charge in [-0.2, -0.15) is 0 Å². The van der Waals surface area contributed by atoms with E-state index in [9.17, 15) is 4.79 Å². The molecule has 1 saturated heterocycles. The topological polar surface area (TPSA) is 69.8 Å². The van der Waals surface area contributed by atoms with Gasteiger partial charge in [0.1, 0.15) is 5.82 Å². The SMILES string of the molecule is CC(NC(=O)CCC1CCCCN1)c1ncc[nH]1. The lowest BCUT2D eigenvalue weighted by Gasteiger charge is -2.23. The minimum Gasteiger partial charge on any atom is -0.347 e. The number of H-pyrrole nitrogens is 1. The van der Waals surface area contributed by atoms with Crippen LogP contribution in [-0.4, -0.2) is 28.5 Å². The molecule has 100 valence electrons. The van der Waals surface area contributed by atoms with Gasteiger partial charge in [0.05, 0.1) is 6.04 Å². The zero-order valence-corrected chi connectivity index (χ0v) is 10.9. The summed E-state index contributed by atoms with van der Waals surface area (Å²) < 4.78 is 0. The highest BCUT2D eigenvalue weighted by Crippen LogP contribution is 2.12. The van der Waals surface area contributed by atoms with Crippen molar-refractivity contribution in [3.8, 4) is 0 Å². The fourth-order valence-corrected chi connectivity index (χ4v) is 2.37. The van der Waals surface area contributed by atoms with Crippen LogP contribution in [0.15, 0.2) is 12.4 Å². The van der Waals surface area contributed by atoms with E-state index in [2.05, 4.69) is 20.6 Å². The summed E-state index contributed by atoms with van der Waals surface area (Å²) in [5.41, 5.74) is 0. The number of amides is 1. The third kappa shape index (κ3) is 3.84. The van der Waals surface area contributed by atoms with E-state index in [1.807, 2.05) is 6.92 Å². The van der Waals surface area contributed by atoms with Crippen molar-refractivity contribution in [3.05, 3.63) is 18.2 Å². The third-order valence-corrected chi connectivity index (χ3v) is 3.44. The normalized spacial score (nSPS) is 21.5. The smallest absolute Gasteiger partial charge is 0.220 e. The Bertz CT molecular complexity index is 357. The van der Waals surface area contributed by atoms with Crippen molar-refractivity contribution in [3.63, 3.8) is 0 Å². The maximum atomic E-state index is 11.8. The van der Waals surface area contributed by atoms with Crippen molar-refractivity contribution in [1.29, 1.82) is 0 Å². The molecule has 1 aromatic rings. The molecule has 5 heteroatoms. The lowest BCUT2D eigenvalue weighted by Crippen LogP contribution is -2.35. The molecule has 5 nitrogen and oxygen atoms in total. The van der Waals surface area contributed by atoms with Crippen LogP contribution in [0.2, 0.25) is 0 Å². The average molecular weight is 250 g/mol. The molecule has 1 aliphatic heterocycles. The zero-order valence-electron chi connectivity index (χ0n) is 10.9. The Morgan fingerprint density at radius 3 is 3.17 bits per heavy atom. The van der Waals surface area contributed by atoms with Crippen LogP contribution in [-0.2, 0) is 4.79 Å². The van der Waals surface area contributed by atoms with Crippen molar-refractivity contribution in [2.45, 2.75) is 51.1 Å². The highest BCUT2D eigenvalue weighted by atomic mass is 16.1. The van der Waals surface area contributed by atoms with Gasteiger partial charge >= 0.3 is 0 Å². The minimum atomic E-state index is -0.0492. The fraction of sp³-hybridized carbons (Fsp3) is 0.692. The lowest BCUT2D eigenvalue weighted by molar-refractivity contribution is -0.122. The first-order chi connectivity index (χ1) is 8.75. The van der Waals surface area contributed by atoms with Crippen LogP contribution >= 0.6 is 0 Å². The van der Waals surface area contributed by atoms with E-state index in [-0.39, 0.29) is 11.9 Å². The van der Waals surface area contributed by atoms with E-state index in [1.165, 1.54) is 19.3 Å². The Labute approximate surface area is 108 Å². The van der Waals surface area contributed by atoms with Crippen LogP contribution in [0.5, 0.6) is 0 Å². The molecule has 18 heavy (non-hydrogen) atoms. The number of piperidine rings is 1. The third-order valence-electron chi connectivity index (χ3n) is 3.44. The van der Waals surface area contributed by atoms with Crippen LogP contribution in [0.3, 0.4) is 0 Å². The number of hydrogen-bond donors (Lipinski definition) is 3. The van der Waals surface area contributed by atoms with Crippen LogP contribution in [0, 0.1) is 0 Å². The summed E-state index contributed by atoms with van der Waals surface area (Å²) in [6, 6.07) is 0.468. The number of aromatic amines is 1. The molecule has 0 aromatic carbocycles. The average Bonchev–Trinajstić information content (AvgIpc) is 2.91. The molecule has 0 spiro atoms. The summed E-state index contributed by atoms with van der Waals surface area (Å²) in [5.74, 6) is 0.908. The second kappa shape index (κ2) is 6.54. The Balaban J connectivity index is 1.68. The second-order valence-electron chi connectivity index (χ2n) is 4.95. The highest BCUT2D eigenvalue weighted by molar-refractivity contribution is 5.76. The maximum Gasteiger partial charge on any atom is 0.220 e. The van der Waals surface area contributed by atoms with Gasteiger partial charge in [0.2, 0.25) is 5.91 Å². The Morgan fingerprint density at radius 1 is 1.61 bits per heavy atom. The van der Waals surface area contributed by atoms with E-state index >= 15 is 0 Å². The molecule has 2 heterocycles. The van der Waals surface area contributed by atoms with Crippen LogP contribution < -0.4 is 10.6 Å². The van der Waals surface area contributed by atoms with Crippen molar-refractivity contribution >= 4 is 5.91 Å². The minimum absolute atomic E-state index is 0.0492. The molecule has 0 bridgehead atoms. The van der Waals surface area contributed by atoms with Crippen LogP contribution in [0.25, 0.3) is 0 Å². The first kappa shape index (κ1) is 13.1. The van der Waals surface area contributed by atoms with Gasteiger partial charge in [-0.05, 0) is 32.7 Å². The van der Waals surface area contributed by atoms with Gasteiger partial charge in [0, 0.05) is 24.9 Å². The van der Waals surface area contributed by atoms with Gasteiger partial charge in [-0.15, -0.1) is 0 Å². The van der Waals surface area contributed by atoms with E-state index in [1.54, 1.807) is 12.4 Å². The quantitative estimate of drug-likeness (QED) is 0.742. The molecule has 1 aliphatic rings. The number of carbonyl (C=O) groups excluding carboxylic acids is 1. The zero-order chi connectivity index (χ0) is 12.8. The summed E-state index contributed by atoms with van der Waals surface area (Å²) in [6.45, 7) is 3.03. The molecule has 2 atom stereocenters. The summed E-state index contributed by atoms with van der Waals surface area (Å²) in [6.07, 6.45) is 8.72. The molecule has 1 aromatic heterocycles. The highest BCUT2D eigenvalue weighted by Gasteiger charge is 2.15. The van der Waals surface area contributed by atoms with E-state index in [4.69, 9.17) is 0 Å². The van der Waals surface area contributed by atoms with Crippen molar-refractivity contribution in [2.75, 3.05) is 6.54 Å². The summed E-state index contributed by atoms with van der Waals surface area (Å²) >= 11 is 0. The summed E-state index contributed by atoms with van der Waals surface area (Å²) in [7, 11) is 0. The molecular weight excluding hydrogens is 228 g/mol. The number of hydrogen-bond acceptors (Lipinski definition) is 3. The summed E-state index contributed by atoms with van der Waals surface area (Å²) in [5, 5.41) is 6.42. The Kier molecular flexibility index (Phi) is 4.75. The largest absolute Gasteiger partial charge is 0.347 e. The standard InChI is InChI=1S/C13H22N4O/c1-10(13-15-8-9-16-13)17-12(18)6-5-11-4-2-3-7-14-11/h8-11,14H,2-7H2,1H3,(H,15,16)(H,17,18). The monoisotopic (exact) mass is 250 g/mol. The van der Waals surface area contributed by atoms with Gasteiger partial charge in [-0.25, -0.2) is 4.98 Å². The van der Waals surface area contributed by atoms with Crippen molar-refractivity contribution in [2.24, 2.45) is 0 Å². The van der Waals surface area contributed by atoms with E-state index < -0.39 is 0 Å². The molecule has 1 fully saturated rings. The maximum absolute atomic E-state index is 11.8. The number of nitrogens with zero attached hydrogens (tertiary/aromatic N) is 1. The molecular formula is C13H22N4O. The lowest BCUT2D eigenvalue weighted by atomic mass is 10.0. The molecule has 3 N–H and O–H groups in total. The molecule has 0 saturated carbocycles. The van der Waals surface area contributed by atoms with Crippen LogP contribution in [0.1, 0.15) is 50.9 Å². The first-order valence-corrected chi connectivity index (χ1v) is 6.77. The van der Waals surface area contributed by atoms with Crippen molar-refractivity contribution < 1.29 is 4.79 Å². The Morgan fingerprint density at radius 2 is 2.50 bits per heavy atom. The molecule has 1 amide bonds. The molecule has 0 aliphatic carbocycles. The number of aromatic nitrogens is 2. The summed E-state index contributed by atoms with van der Waals surface area (Å²) in [4.78, 5) is 19.0. The number of imidazole rings is 1. The second-order valence-corrected chi connectivity index (χ2v) is 4.95. The Hall–Kier alpha value is -1.36. The number of nitrogens with one attached hydrogen (secondary N) is 3. The van der Waals surface area contributed by atoms with Gasteiger partial charge in [-0.1, -0.05) is 6.42 Å². The predicted octanol–water partition coefficient (Wildman–Crippen LogP) is 1.51. The first-order valence-electron chi connectivity index (χ1n) is 6.77.